The summed E-state index contributed by atoms with van der Waals surface area (Å²) in [5.41, 5.74) is 2.43. The minimum atomic E-state index is 0.672. The normalized spacial score (nSPS) is 20.4. The van der Waals surface area contributed by atoms with Crippen molar-refractivity contribution < 1.29 is 0 Å². The molecule has 3 heteroatoms. The van der Waals surface area contributed by atoms with E-state index in [0.717, 1.165) is 18.8 Å². The van der Waals surface area contributed by atoms with E-state index in [9.17, 15) is 0 Å². The van der Waals surface area contributed by atoms with Gasteiger partial charge in [0, 0.05) is 30.1 Å². The Labute approximate surface area is 96.0 Å². The van der Waals surface area contributed by atoms with Crippen LogP contribution in [0.15, 0.2) is 23.3 Å². The SMILES string of the molecule is c1cc(NC2CC2)ncc1C1=NCCCC1. The minimum absolute atomic E-state index is 0.672. The summed E-state index contributed by atoms with van der Waals surface area (Å²) >= 11 is 0. The third-order valence-electron chi connectivity index (χ3n) is 3.15. The third-order valence-corrected chi connectivity index (χ3v) is 3.15. The molecule has 16 heavy (non-hydrogen) atoms. The van der Waals surface area contributed by atoms with E-state index >= 15 is 0 Å². The fraction of sp³-hybridized carbons (Fsp3) is 0.538. The lowest BCUT2D eigenvalue weighted by Crippen LogP contribution is -2.09. The summed E-state index contributed by atoms with van der Waals surface area (Å²) in [6, 6.07) is 4.89. The highest BCUT2D eigenvalue weighted by Crippen LogP contribution is 2.23. The number of hydrogen-bond donors (Lipinski definition) is 1. The number of nitrogens with one attached hydrogen (secondary N) is 1. The van der Waals surface area contributed by atoms with Crippen molar-refractivity contribution in [1.82, 2.24) is 4.98 Å². The molecular weight excluding hydrogens is 198 g/mol. The van der Waals surface area contributed by atoms with Gasteiger partial charge >= 0.3 is 0 Å². The molecule has 0 amide bonds. The Morgan fingerprint density at radius 1 is 1.19 bits per heavy atom. The number of nitrogens with zero attached hydrogens (tertiary/aromatic N) is 2. The summed E-state index contributed by atoms with van der Waals surface area (Å²) in [6.07, 6.45) is 8.14. The van der Waals surface area contributed by atoms with Gasteiger partial charge < -0.3 is 5.32 Å². The van der Waals surface area contributed by atoms with Gasteiger partial charge in [-0.05, 0) is 44.2 Å². The number of anilines is 1. The van der Waals surface area contributed by atoms with E-state index in [1.165, 1.54) is 37.0 Å². The molecule has 2 heterocycles. The van der Waals surface area contributed by atoms with Crippen LogP contribution in [0.25, 0.3) is 0 Å². The van der Waals surface area contributed by atoms with Crippen LogP contribution in [0.3, 0.4) is 0 Å². The van der Waals surface area contributed by atoms with Crippen LogP contribution in [-0.2, 0) is 0 Å². The van der Waals surface area contributed by atoms with Crippen LogP contribution in [0, 0.1) is 0 Å². The van der Waals surface area contributed by atoms with Gasteiger partial charge in [0.15, 0.2) is 0 Å². The molecule has 1 aromatic heterocycles. The fourth-order valence-electron chi connectivity index (χ4n) is 2.02. The van der Waals surface area contributed by atoms with Gasteiger partial charge in [-0.3, -0.25) is 4.99 Å². The maximum absolute atomic E-state index is 4.56. The molecule has 84 valence electrons. The first-order chi connectivity index (χ1) is 7.92. The largest absolute Gasteiger partial charge is 0.367 e. The molecule has 1 saturated carbocycles. The fourth-order valence-corrected chi connectivity index (χ4v) is 2.02. The molecule has 1 fully saturated rings. The van der Waals surface area contributed by atoms with Gasteiger partial charge in [-0.15, -0.1) is 0 Å². The Balaban J connectivity index is 1.72. The molecule has 0 atom stereocenters. The van der Waals surface area contributed by atoms with E-state index in [-0.39, 0.29) is 0 Å². The van der Waals surface area contributed by atoms with Crippen molar-refractivity contribution in [2.24, 2.45) is 4.99 Å². The molecule has 1 aromatic rings. The van der Waals surface area contributed by atoms with E-state index < -0.39 is 0 Å². The summed E-state index contributed by atoms with van der Waals surface area (Å²) in [4.78, 5) is 9.00. The average Bonchev–Trinajstić information content (AvgIpc) is 3.15. The Morgan fingerprint density at radius 2 is 2.12 bits per heavy atom. The molecule has 1 aliphatic heterocycles. The van der Waals surface area contributed by atoms with E-state index in [1.54, 1.807) is 0 Å². The van der Waals surface area contributed by atoms with Crippen LogP contribution in [0.2, 0.25) is 0 Å². The first-order valence-corrected chi connectivity index (χ1v) is 6.18. The van der Waals surface area contributed by atoms with Gasteiger partial charge in [-0.1, -0.05) is 0 Å². The topological polar surface area (TPSA) is 37.3 Å². The van der Waals surface area contributed by atoms with E-state index in [4.69, 9.17) is 0 Å². The number of pyridine rings is 1. The molecule has 0 aromatic carbocycles. The summed E-state index contributed by atoms with van der Waals surface area (Å²) in [5.74, 6) is 1.00. The van der Waals surface area contributed by atoms with Gasteiger partial charge in [-0.2, -0.15) is 0 Å². The smallest absolute Gasteiger partial charge is 0.126 e. The molecule has 0 radical (unpaired) electrons. The summed E-state index contributed by atoms with van der Waals surface area (Å²) in [7, 11) is 0. The van der Waals surface area contributed by atoms with Crippen LogP contribution in [-0.4, -0.2) is 23.3 Å². The quantitative estimate of drug-likeness (QED) is 0.841. The molecule has 0 unspecified atom stereocenters. The molecule has 1 aliphatic carbocycles. The lowest BCUT2D eigenvalue weighted by Gasteiger charge is -2.12. The van der Waals surface area contributed by atoms with Crippen molar-refractivity contribution in [3.8, 4) is 0 Å². The van der Waals surface area contributed by atoms with Crippen molar-refractivity contribution in [2.45, 2.75) is 38.1 Å². The molecule has 1 N–H and O–H groups in total. The Bertz CT molecular complexity index is 390. The van der Waals surface area contributed by atoms with Gasteiger partial charge in [0.2, 0.25) is 0 Å². The summed E-state index contributed by atoms with van der Waals surface area (Å²) < 4.78 is 0. The summed E-state index contributed by atoms with van der Waals surface area (Å²) in [5, 5.41) is 3.40. The minimum Gasteiger partial charge on any atom is -0.367 e. The van der Waals surface area contributed by atoms with Crippen LogP contribution in [0.4, 0.5) is 5.82 Å². The Hall–Kier alpha value is -1.38. The number of rotatable bonds is 3. The predicted molar refractivity (Wildman–Crippen MR) is 66.1 cm³/mol. The van der Waals surface area contributed by atoms with Gasteiger partial charge in [0.25, 0.3) is 0 Å². The monoisotopic (exact) mass is 215 g/mol. The standard InChI is InChI=1S/C13H17N3/c1-2-8-14-12(3-1)10-4-7-13(15-9-10)16-11-5-6-11/h4,7,9,11H,1-3,5-6,8H2,(H,15,16). The molecular formula is C13H17N3. The van der Waals surface area contributed by atoms with Crippen LogP contribution >= 0.6 is 0 Å². The van der Waals surface area contributed by atoms with E-state index in [2.05, 4.69) is 27.4 Å². The third kappa shape index (κ3) is 2.23. The molecule has 2 aliphatic rings. The molecule has 3 nitrogen and oxygen atoms in total. The zero-order valence-corrected chi connectivity index (χ0v) is 9.45. The van der Waals surface area contributed by atoms with Crippen molar-refractivity contribution in [1.29, 1.82) is 0 Å². The highest BCUT2D eigenvalue weighted by Gasteiger charge is 2.21. The first-order valence-electron chi connectivity index (χ1n) is 6.18. The van der Waals surface area contributed by atoms with Crippen LogP contribution < -0.4 is 5.32 Å². The highest BCUT2D eigenvalue weighted by atomic mass is 15.0. The van der Waals surface area contributed by atoms with E-state index in [1.807, 2.05) is 6.20 Å². The molecule has 0 spiro atoms. The van der Waals surface area contributed by atoms with Crippen molar-refractivity contribution in [3.63, 3.8) is 0 Å². The van der Waals surface area contributed by atoms with Gasteiger partial charge in [0.05, 0.1) is 0 Å². The molecule has 0 bridgehead atoms. The van der Waals surface area contributed by atoms with Gasteiger partial charge in [-0.25, -0.2) is 4.98 Å². The van der Waals surface area contributed by atoms with Crippen LogP contribution in [0.5, 0.6) is 0 Å². The number of aliphatic imine (C=N–C) groups is 1. The number of hydrogen-bond acceptors (Lipinski definition) is 3. The van der Waals surface area contributed by atoms with Crippen molar-refractivity contribution in [3.05, 3.63) is 23.9 Å². The Morgan fingerprint density at radius 3 is 2.75 bits per heavy atom. The maximum Gasteiger partial charge on any atom is 0.126 e. The zero-order valence-electron chi connectivity index (χ0n) is 9.45. The second kappa shape index (κ2) is 4.24. The lowest BCUT2D eigenvalue weighted by molar-refractivity contribution is 0.738. The number of aromatic nitrogens is 1. The zero-order chi connectivity index (χ0) is 10.8. The second-order valence-corrected chi connectivity index (χ2v) is 4.64. The van der Waals surface area contributed by atoms with Crippen molar-refractivity contribution >= 4 is 11.5 Å². The lowest BCUT2D eigenvalue weighted by atomic mass is 10.0. The second-order valence-electron chi connectivity index (χ2n) is 4.64. The average molecular weight is 215 g/mol. The van der Waals surface area contributed by atoms with Crippen LogP contribution in [0.1, 0.15) is 37.7 Å². The van der Waals surface area contributed by atoms with E-state index in [0.29, 0.717) is 6.04 Å². The maximum atomic E-state index is 4.56. The summed E-state index contributed by atoms with van der Waals surface area (Å²) in [6.45, 7) is 0.984. The van der Waals surface area contributed by atoms with Crippen molar-refractivity contribution in [2.75, 3.05) is 11.9 Å². The van der Waals surface area contributed by atoms with Gasteiger partial charge in [0.1, 0.15) is 5.82 Å². The molecule has 3 rings (SSSR count). The molecule has 0 saturated heterocycles. The highest BCUT2D eigenvalue weighted by molar-refractivity contribution is 6.00. The Kier molecular flexibility index (Phi) is 2.60. The first kappa shape index (κ1) is 9.82. The predicted octanol–water partition coefficient (Wildman–Crippen LogP) is 2.63.